The molecule has 0 aliphatic heterocycles. The first-order valence-electron chi connectivity index (χ1n) is 7.55. The van der Waals surface area contributed by atoms with Crippen molar-refractivity contribution in [1.29, 1.82) is 0 Å². The average Bonchev–Trinajstić information content (AvgIpc) is 2.65. The molecule has 0 atom stereocenters. The summed E-state index contributed by atoms with van der Waals surface area (Å²) < 4.78 is 26.7. The van der Waals surface area contributed by atoms with Gasteiger partial charge in [-0.3, -0.25) is 4.79 Å². The molecule has 1 aromatic heterocycles. The van der Waals surface area contributed by atoms with Gasteiger partial charge in [-0.15, -0.1) is 0 Å². The fraction of sp³-hybridized carbons (Fsp3) is 0.278. The summed E-state index contributed by atoms with van der Waals surface area (Å²) in [7, 11) is 6.07. The Labute approximate surface area is 144 Å². The lowest BCUT2D eigenvalue weighted by molar-refractivity contribution is 0.0521. The second-order valence-corrected chi connectivity index (χ2v) is 5.25. The first-order chi connectivity index (χ1) is 12.2. The van der Waals surface area contributed by atoms with Gasteiger partial charge in [-0.1, -0.05) is 6.07 Å². The highest BCUT2D eigenvalue weighted by molar-refractivity contribution is 6.01. The van der Waals surface area contributed by atoms with Gasteiger partial charge in [-0.25, -0.2) is 0 Å². The Morgan fingerprint density at radius 1 is 0.920 bits per heavy atom. The molecule has 0 amide bonds. The van der Waals surface area contributed by atoms with Crippen molar-refractivity contribution in [2.75, 3.05) is 35.2 Å². The lowest BCUT2D eigenvalue weighted by Crippen LogP contribution is -2.09. The minimum Gasteiger partial charge on any atom is -0.496 e. The highest BCUT2D eigenvalue weighted by atomic mass is 16.7. The molecule has 1 heterocycles. The Morgan fingerprint density at radius 3 is 2.32 bits per heavy atom. The maximum absolute atomic E-state index is 13.1. The van der Waals surface area contributed by atoms with Gasteiger partial charge in [0.25, 0.3) is 0 Å². The van der Waals surface area contributed by atoms with E-state index in [1.807, 2.05) is 0 Å². The molecule has 7 nitrogen and oxygen atoms in total. The molecular weight excluding hydrogens is 326 g/mol. The smallest absolute Gasteiger partial charge is 0.201 e. The third-order valence-electron chi connectivity index (χ3n) is 3.93. The van der Waals surface area contributed by atoms with E-state index in [-0.39, 0.29) is 12.2 Å². The molecule has 0 aliphatic carbocycles. The number of pyridine rings is 1. The van der Waals surface area contributed by atoms with E-state index in [0.29, 0.717) is 44.8 Å². The molecule has 0 aliphatic rings. The Morgan fingerprint density at radius 2 is 1.68 bits per heavy atom. The molecule has 0 unspecified atom stereocenters. The lowest BCUT2D eigenvalue weighted by Gasteiger charge is -2.15. The van der Waals surface area contributed by atoms with Crippen molar-refractivity contribution in [2.45, 2.75) is 0 Å². The van der Waals surface area contributed by atoms with Gasteiger partial charge in [-0.2, -0.15) is 0 Å². The number of nitrogens with one attached hydrogen (secondary N) is 1. The fourth-order valence-corrected chi connectivity index (χ4v) is 2.83. The summed E-state index contributed by atoms with van der Waals surface area (Å²) in [5.74, 6) is 1.78. The molecule has 132 valence electrons. The summed E-state index contributed by atoms with van der Waals surface area (Å²) in [5.41, 5.74) is 0.833. The van der Waals surface area contributed by atoms with Gasteiger partial charge in [0, 0.05) is 13.2 Å². The van der Waals surface area contributed by atoms with Crippen molar-refractivity contribution in [3.8, 4) is 23.0 Å². The van der Waals surface area contributed by atoms with Crippen molar-refractivity contribution in [2.24, 2.45) is 0 Å². The maximum atomic E-state index is 13.1. The van der Waals surface area contributed by atoms with Crippen LogP contribution in [0.4, 0.5) is 0 Å². The first-order valence-corrected chi connectivity index (χ1v) is 7.55. The molecule has 2 aromatic carbocycles. The zero-order valence-corrected chi connectivity index (χ0v) is 14.5. The van der Waals surface area contributed by atoms with Crippen LogP contribution < -0.4 is 24.4 Å². The second kappa shape index (κ2) is 6.90. The van der Waals surface area contributed by atoms with Crippen molar-refractivity contribution >= 4 is 21.8 Å². The predicted octanol–water partition coefficient (Wildman–Crippen LogP) is 2.69. The Balaban J connectivity index is 2.46. The molecule has 25 heavy (non-hydrogen) atoms. The summed E-state index contributed by atoms with van der Waals surface area (Å²) in [6.45, 7) is 0.0672. The van der Waals surface area contributed by atoms with E-state index in [9.17, 15) is 4.79 Å². The van der Waals surface area contributed by atoms with E-state index in [2.05, 4.69) is 4.98 Å². The van der Waals surface area contributed by atoms with E-state index in [4.69, 9.17) is 23.7 Å². The number of para-hydroxylation sites is 1. The third-order valence-corrected chi connectivity index (χ3v) is 3.93. The molecule has 3 aromatic rings. The average molecular weight is 345 g/mol. The van der Waals surface area contributed by atoms with Gasteiger partial charge in [0.05, 0.1) is 37.6 Å². The second-order valence-electron chi connectivity index (χ2n) is 5.25. The maximum Gasteiger partial charge on any atom is 0.201 e. The molecule has 1 N–H and O–H groups in total. The monoisotopic (exact) mass is 345 g/mol. The van der Waals surface area contributed by atoms with E-state index in [1.54, 1.807) is 24.3 Å². The van der Waals surface area contributed by atoms with Crippen LogP contribution in [0.5, 0.6) is 23.0 Å². The number of fused-ring (bicyclic) bond motifs is 2. The van der Waals surface area contributed by atoms with E-state index >= 15 is 0 Å². The summed E-state index contributed by atoms with van der Waals surface area (Å²) in [5, 5.41) is 0.864. The van der Waals surface area contributed by atoms with Crippen molar-refractivity contribution in [3.05, 3.63) is 34.5 Å². The summed E-state index contributed by atoms with van der Waals surface area (Å²) in [4.78, 5) is 16.3. The zero-order valence-electron chi connectivity index (χ0n) is 14.5. The molecule has 0 bridgehead atoms. The third kappa shape index (κ3) is 2.72. The Bertz CT molecular complexity index is 979. The number of rotatable bonds is 6. The minimum atomic E-state index is -0.190. The quantitative estimate of drug-likeness (QED) is 0.547. The topological polar surface area (TPSA) is 79.0 Å². The van der Waals surface area contributed by atoms with Gasteiger partial charge < -0.3 is 28.7 Å². The number of H-pyrrole nitrogens is 1. The number of aromatic nitrogens is 1. The highest BCUT2D eigenvalue weighted by Crippen LogP contribution is 2.40. The molecule has 0 fully saturated rings. The number of ether oxygens (including phenoxy) is 5. The summed E-state index contributed by atoms with van der Waals surface area (Å²) >= 11 is 0. The predicted molar refractivity (Wildman–Crippen MR) is 94.2 cm³/mol. The number of methoxy groups -OCH3 is 4. The number of hydrogen-bond acceptors (Lipinski definition) is 6. The van der Waals surface area contributed by atoms with Gasteiger partial charge in [-0.05, 0) is 12.1 Å². The van der Waals surface area contributed by atoms with E-state index in [0.717, 1.165) is 0 Å². The number of benzene rings is 2. The SMILES string of the molecule is COCOc1cccc2c(=O)c3c(OC)cc(OC)c(OC)c3[nH]c12. The van der Waals surface area contributed by atoms with Gasteiger partial charge in [0.15, 0.2) is 18.3 Å². The Kier molecular flexibility index (Phi) is 4.67. The van der Waals surface area contributed by atoms with Crippen LogP contribution >= 0.6 is 0 Å². The van der Waals surface area contributed by atoms with Crippen molar-refractivity contribution < 1.29 is 23.7 Å². The van der Waals surface area contributed by atoms with Crippen LogP contribution in [-0.2, 0) is 4.74 Å². The van der Waals surface area contributed by atoms with Gasteiger partial charge in [0.1, 0.15) is 17.0 Å². The van der Waals surface area contributed by atoms with Gasteiger partial charge >= 0.3 is 0 Å². The zero-order chi connectivity index (χ0) is 18.0. The van der Waals surface area contributed by atoms with E-state index < -0.39 is 0 Å². The standard InChI is InChI=1S/C18H19NO6/c1-21-9-25-11-7-5-6-10-15(11)19-16-14(17(10)20)12(22-2)8-13(23-3)18(16)24-4/h5-8H,9H2,1-4H3,(H,19,20). The molecule has 0 spiro atoms. The van der Waals surface area contributed by atoms with Crippen LogP contribution in [0.2, 0.25) is 0 Å². The summed E-state index contributed by atoms with van der Waals surface area (Å²) in [6.07, 6.45) is 0. The number of aromatic amines is 1. The fourth-order valence-electron chi connectivity index (χ4n) is 2.83. The largest absolute Gasteiger partial charge is 0.496 e. The van der Waals surface area contributed by atoms with E-state index in [1.165, 1.54) is 28.4 Å². The van der Waals surface area contributed by atoms with Gasteiger partial charge in [0.2, 0.25) is 5.43 Å². The number of hydrogen-bond donors (Lipinski definition) is 1. The Hall–Kier alpha value is -2.93. The molecule has 0 radical (unpaired) electrons. The van der Waals surface area contributed by atoms with Crippen molar-refractivity contribution in [1.82, 2.24) is 4.98 Å². The normalized spacial score (nSPS) is 10.9. The van der Waals surface area contributed by atoms with Crippen LogP contribution in [0, 0.1) is 0 Å². The van der Waals surface area contributed by atoms with Crippen molar-refractivity contribution in [3.63, 3.8) is 0 Å². The molecular formula is C18H19NO6. The van der Waals surface area contributed by atoms with Crippen LogP contribution in [0.25, 0.3) is 21.8 Å². The lowest BCUT2D eigenvalue weighted by atomic mass is 10.1. The minimum absolute atomic E-state index is 0.0672. The molecule has 0 saturated heterocycles. The van der Waals surface area contributed by atoms with Crippen LogP contribution in [-0.4, -0.2) is 40.2 Å². The first kappa shape index (κ1) is 16.9. The summed E-state index contributed by atoms with van der Waals surface area (Å²) in [6, 6.07) is 6.87. The van der Waals surface area contributed by atoms with Crippen LogP contribution in [0.15, 0.2) is 29.1 Å². The molecule has 7 heteroatoms. The van der Waals surface area contributed by atoms with Crippen LogP contribution in [0.3, 0.4) is 0 Å². The van der Waals surface area contributed by atoms with Crippen LogP contribution in [0.1, 0.15) is 0 Å². The molecule has 0 saturated carbocycles. The molecule has 3 rings (SSSR count). The highest BCUT2D eigenvalue weighted by Gasteiger charge is 2.20.